The van der Waals surface area contributed by atoms with Gasteiger partial charge in [0.2, 0.25) is 0 Å². The summed E-state index contributed by atoms with van der Waals surface area (Å²) >= 11 is 6.54. The third-order valence-corrected chi connectivity index (χ3v) is 3.95. The third-order valence-electron chi connectivity index (χ3n) is 3.05. The lowest BCUT2D eigenvalue weighted by Crippen LogP contribution is -2.24. The lowest BCUT2D eigenvalue weighted by molar-refractivity contribution is -0.0432. The summed E-state index contributed by atoms with van der Waals surface area (Å²) in [7, 11) is 0. The van der Waals surface area contributed by atoms with Crippen LogP contribution in [-0.2, 0) is 4.74 Å². The number of rotatable bonds is 2. The van der Waals surface area contributed by atoms with Crippen LogP contribution in [0.25, 0.3) is 11.2 Å². The summed E-state index contributed by atoms with van der Waals surface area (Å²) in [5, 5.41) is 18.9. The van der Waals surface area contributed by atoms with Crippen LogP contribution in [0.15, 0.2) is 15.7 Å². The highest BCUT2D eigenvalue weighted by Gasteiger charge is 2.35. The van der Waals surface area contributed by atoms with Gasteiger partial charge in [-0.15, -0.1) is 0 Å². The summed E-state index contributed by atoms with van der Waals surface area (Å²) in [6.07, 6.45) is 0.312. The average Bonchev–Trinajstić information content (AvgIpc) is 2.92. The monoisotopic (exact) mass is 392 g/mol. The molecule has 102 valence electrons. The average molecular weight is 394 g/mol. The van der Waals surface area contributed by atoms with Gasteiger partial charge in [0.1, 0.15) is 22.5 Å². The lowest BCUT2D eigenvalue weighted by Gasteiger charge is -2.13. The van der Waals surface area contributed by atoms with Crippen LogP contribution in [-0.4, -0.2) is 48.5 Å². The molecular formula is C10H10Br2N4O3. The van der Waals surface area contributed by atoms with Crippen LogP contribution in [0.2, 0.25) is 0 Å². The van der Waals surface area contributed by atoms with Crippen LogP contribution >= 0.6 is 31.9 Å². The highest BCUT2D eigenvalue weighted by atomic mass is 79.9. The molecule has 2 aromatic rings. The third kappa shape index (κ3) is 2.29. The van der Waals surface area contributed by atoms with Crippen LogP contribution in [0.5, 0.6) is 0 Å². The molecule has 9 heteroatoms. The number of imidazole rings is 1. The number of halogens is 2. The summed E-state index contributed by atoms with van der Waals surface area (Å²) in [6, 6.07) is 0. The van der Waals surface area contributed by atoms with Crippen molar-refractivity contribution in [2.24, 2.45) is 0 Å². The molecule has 1 fully saturated rings. The molecule has 0 bridgehead atoms. The van der Waals surface area contributed by atoms with E-state index < -0.39 is 18.4 Å². The predicted octanol–water partition coefficient (Wildman–Crippen LogP) is 0.992. The molecule has 19 heavy (non-hydrogen) atoms. The first-order valence-electron chi connectivity index (χ1n) is 5.60. The van der Waals surface area contributed by atoms with Crippen molar-refractivity contribution < 1.29 is 14.9 Å². The number of fused-ring (bicyclic) bond motifs is 1. The van der Waals surface area contributed by atoms with Gasteiger partial charge in [-0.2, -0.15) is 0 Å². The smallest absolute Gasteiger partial charge is 0.199 e. The number of nitrogens with zero attached hydrogens (tertiary/aromatic N) is 4. The fourth-order valence-electron chi connectivity index (χ4n) is 2.12. The Kier molecular flexibility index (Phi) is 3.56. The fraction of sp³-hybridized carbons (Fsp3) is 0.500. The molecule has 3 rings (SSSR count). The van der Waals surface area contributed by atoms with Crippen molar-refractivity contribution in [2.75, 3.05) is 6.61 Å². The van der Waals surface area contributed by atoms with Crippen LogP contribution < -0.4 is 0 Å². The van der Waals surface area contributed by atoms with Gasteiger partial charge in [-0.3, -0.25) is 4.57 Å². The summed E-state index contributed by atoms with van der Waals surface area (Å²) in [5.74, 6) is 0. The summed E-state index contributed by atoms with van der Waals surface area (Å²) in [5.41, 5.74) is 1.22. The Morgan fingerprint density at radius 2 is 2.21 bits per heavy atom. The highest BCUT2D eigenvalue weighted by Crippen LogP contribution is 2.32. The number of hydrogen-bond donors (Lipinski definition) is 2. The molecule has 2 N–H and O–H groups in total. The van der Waals surface area contributed by atoms with Gasteiger partial charge in [0.05, 0.1) is 19.0 Å². The zero-order valence-corrected chi connectivity index (χ0v) is 12.7. The first kappa shape index (κ1) is 13.4. The molecule has 0 saturated carbocycles. The zero-order chi connectivity index (χ0) is 13.6. The van der Waals surface area contributed by atoms with Crippen molar-refractivity contribution >= 4 is 43.0 Å². The molecule has 0 unspecified atom stereocenters. The van der Waals surface area contributed by atoms with Crippen molar-refractivity contribution in [1.29, 1.82) is 0 Å². The maximum Gasteiger partial charge on any atom is 0.199 e. The minimum absolute atomic E-state index is 0.216. The number of aliphatic hydroxyl groups is 2. The molecule has 0 radical (unpaired) electrons. The molecule has 7 nitrogen and oxygen atoms in total. The fourth-order valence-corrected chi connectivity index (χ4v) is 3.15. The van der Waals surface area contributed by atoms with Gasteiger partial charge < -0.3 is 14.9 Å². The molecule has 0 amide bonds. The molecule has 3 atom stereocenters. The van der Waals surface area contributed by atoms with Crippen molar-refractivity contribution in [3.05, 3.63) is 15.7 Å². The van der Waals surface area contributed by atoms with Gasteiger partial charge in [-0.1, -0.05) is 0 Å². The minimum Gasteiger partial charge on any atom is -0.394 e. The van der Waals surface area contributed by atoms with Gasteiger partial charge in [0.25, 0.3) is 0 Å². The molecule has 1 saturated heterocycles. The largest absolute Gasteiger partial charge is 0.394 e. The second-order valence-electron chi connectivity index (χ2n) is 4.22. The van der Waals surface area contributed by atoms with Gasteiger partial charge in [0, 0.05) is 6.42 Å². The minimum atomic E-state index is -0.693. The predicted molar refractivity (Wildman–Crippen MR) is 72.3 cm³/mol. The second-order valence-corrected chi connectivity index (χ2v) is 5.68. The second kappa shape index (κ2) is 5.06. The molecular weight excluding hydrogens is 384 g/mol. The Morgan fingerprint density at radius 1 is 1.42 bits per heavy atom. The summed E-state index contributed by atoms with van der Waals surface area (Å²) in [6.45, 7) is -0.216. The Morgan fingerprint density at radius 3 is 2.89 bits per heavy atom. The quantitative estimate of drug-likeness (QED) is 0.583. The van der Waals surface area contributed by atoms with Crippen LogP contribution in [0.3, 0.4) is 0 Å². The van der Waals surface area contributed by atoms with Gasteiger partial charge >= 0.3 is 0 Å². The Hall–Kier alpha value is -0.610. The molecule has 1 aliphatic heterocycles. The van der Waals surface area contributed by atoms with E-state index in [4.69, 9.17) is 9.84 Å². The summed E-state index contributed by atoms with van der Waals surface area (Å²) in [4.78, 5) is 12.6. The van der Waals surface area contributed by atoms with E-state index in [-0.39, 0.29) is 6.61 Å². The number of aliphatic hydroxyl groups excluding tert-OH is 2. The van der Waals surface area contributed by atoms with Crippen molar-refractivity contribution in [3.63, 3.8) is 0 Å². The van der Waals surface area contributed by atoms with E-state index in [1.54, 1.807) is 10.9 Å². The Balaban J connectivity index is 2.02. The Labute approximate surface area is 124 Å². The van der Waals surface area contributed by atoms with Crippen LogP contribution in [0, 0.1) is 0 Å². The van der Waals surface area contributed by atoms with Crippen molar-refractivity contribution in [1.82, 2.24) is 19.5 Å². The highest BCUT2D eigenvalue weighted by molar-refractivity contribution is 9.11. The van der Waals surface area contributed by atoms with E-state index in [1.165, 1.54) is 0 Å². The van der Waals surface area contributed by atoms with Crippen LogP contribution in [0.4, 0.5) is 0 Å². The zero-order valence-electron chi connectivity index (χ0n) is 9.57. The molecule has 2 aromatic heterocycles. The molecule has 3 heterocycles. The topological polar surface area (TPSA) is 93.3 Å². The lowest BCUT2D eigenvalue weighted by atomic mass is 10.2. The normalized spacial score (nSPS) is 27.3. The number of ether oxygens (including phenoxy) is 1. The number of hydrogen-bond acceptors (Lipinski definition) is 6. The van der Waals surface area contributed by atoms with E-state index >= 15 is 0 Å². The first-order chi connectivity index (χ1) is 9.10. The first-order valence-corrected chi connectivity index (χ1v) is 7.18. The SMILES string of the molecule is OC[C@@H]1O[C@@H](n2cnc3c(Br)nc(Br)nc32)C[C@H]1O. The van der Waals surface area contributed by atoms with E-state index in [9.17, 15) is 5.11 Å². The van der Waals surface area contributed by atoms with Crippen molar-refractivity contribution in [3.8, 4) is 0 Å². The maximum atomic E-state index is 9.77. The van der Waals surface area contributed by atoms with Gasteiger partial charge in [-0.25, -0.2) is 15.0 Å². The maximum absolute atomic E-state index is 9.77. The van der Waals surface area contributed by atoms with Gasteiger partial charge in [-0.05, 0) is 31.9 Å². The summed E-state index contributed by atoms with van der Waals surface area (Å²) < 4.78 is 8.33. The Bertz CT molecular complexity index is 620. The van der Waals surface area contributed by atoms with E-state index in [0.717, 1.165) is 0 Å². The van der Waals surface area contributed by atoms with E-state index in [2.05, 4.69) is 46.8 Å². The molecule has 0 aliphatic carbocycles. The van der Waals surface area contributed by atoms with Crippen LogP contribution in [0.1, 0.15) is 12.6 Å². The van der Waals surface area contributed by atoms with E-state index in [1.807, 2.05) is 0 Å². The molecule has 1 aliphatic rings. The standard InChI is InChI=1S/C10H10Br2N4O3/c11-8-7-9(15-10(12)14-8)16(3-13-7)6-1-4(18)5(2-17)19-6/h3-6,17-18H,1-2H2/t4-,5+,6-/m1/s1. The van der Waals surface area contributed by atoms with Gasteiger partial charge in [0.15, 0.2) is 10.4 Å². The number of aromatic nitrogens is 4. The van der Waals surface area contributed by atoms with E-state index in [0.29, 0.717) is 26.9 Å². The van der Waals surface area contributed by atoms with Crippen molar-refractivity contribution in [2.45, 2.75) is 24.9 Å². The molecule has 0 spiro atoms. The molecule has 0 aromatic carbocycles.